The Balaban J connectivity index is 0. The topological polar surface area (TPSA) is 135 Å². The second kappa shape index (κ2) is 8.92. The van der Waals surface area contributed by atoms with Crippen molar-refractivity contribution < 1.29 is 41.4 Å². The maximum Gasteiger partial charge on any atom is 0.490 e. The van der Waals surface area contributed by atoms with E-state index in [1.807, 2.05) is 0 Å². The van der Waals surface area contributed by atoms with E-state index in [0.29, 0.717) is 0 Å². The fourth-order valence-electron chi connectivity index (χ4n) is 0.610. The zero-order chi connectivity index (χ0) is 17.3. The van der Waals surface area contributed by atoms with E-state index < -0.39 is 28.1 Å². The van der Waals surface area contributed by atoms with Crippen LogP contribution in [-0.4, -0.2) is 36.7 Å². The van der Waals surface area contributed by atoms with E-state index in [9.17, 15) is 21.6 Å². The normalized spacial score (nSPS) is 10.3. The van der Waals surface area contributed by atoms with Crippen molar-refractivity contribution in [3.8, 4) is 0 Å². The number of aliphatic carboxylic acids is 2. The molecule has 0 atom stereocenters. The molecule has 21 heavy (non-hydrogen) atoms. The third-order valence-electron chi connectivity index (χ3n) is 1.31. The molecule has 0 fully saturated rings. The molecule has 11 heteroatoms. The van der Waals surface area contributed by atoms with Crippen molar-refractivity contribution in [1.29, 1.82) is 0 Å². The first-order valence-corrected chi connectivity index (χ1v) is 6.40. The van der Waals surface area contributed by atoms with Crippen molar-refractivity contribution in [1.82, 2.24) is 0 Å². The largest absolute Gasteiger partial charge is 0.490 e. The summed E-state index contributed by atoms with van der Waals surface area (Å²) in [6.07, 6.45) is -5.08. The summed E-state index contributed by atoms with van der Waals surface area (Å²) in [4.78, 5) is 18.0. The van der Waals surface area contributed by atoms with Crippen LogP contribution in [0.25, 0.3) is 0 Å². The second-order valence-corrected chi connectivity index (χ2v) is 4.74. The minimum Gasteiger partial charge on any atom is -0.481 e. The van der Waals surface area contributed by atoms with Crippen molar-refractivity contribution in [3.63, 3.8) is 0 Å². The van der Waals surface area contributed by atoms with Gasteiger partial charge in [0.05, 0.1) is 4.90 Å². The van der Waals surface area contributed by atoms with Gasteiger partial charge in [-0.1, -0.05) is 18.2 Å². The van der Waals surface area contributed by atoms with Crippen LogP contribution in [0.4, 0.5) is 13.2 Å². The van der Waals surface area contributed by atoms with E-state index in [1.165, 1.54) is 12.1 Å². The van der Waals surface area contributed by atoms with Crippen LogP contribution >= 0.6 is 0 Å². The smallest absolute Gasteiger partial charge is 0.481 e. The molecule has 120 valence electrons. The van der Waals surface area contributed by atoms with Crippen LogP contribution < -0.4 is 5.14 Å². The van der Waals surface area contributed by atoms with Gasteiger partial charge in [0.1, 0.15) is 0 Å². The molecule has 4 N–H and O–H groups in total. The number of hydrogen-bond acceptors (Lipinski definition) is 4. The first-order chi connectivity index (χ1) is 9.28. The van der Waals surface area contributed by atoms with E-state index in [0.717, 1.165) is 6.92 Å². The second-order valence-electron chi connectivity index (χ2n) is 3.18. The number of carboxylic acid groups (broad SMARTS) is 2. The maximum atomic E-state index is 10.6. The summed E-state index contributed by atoms with van der Waals surface area (Å²) < 4.78 is 53.0. The van der Waals surface area contributed by atoms with Crippen LogP contribution in [0.2, 0.25) is 0 Å². The Morgan fingerprint density at radius 2 is 1.38 bits per heavy atom. The Bertz CT molecular complexity index is 552. The molecular weight excluding hydrogens is 319 g/mol. The SMILES string of the molecule is CC(=O)O.NS(=O)(=O)c1ccccc1.O=C(O)C(F)(F)F. The summed E-state index contributed by atoms with van der Waals surface area (Å²) in [6, 6.07) is 7.89. The van der Waals surface area contributed by atoms with Gasteiger partial charge in [-0.2, -0.15) is 13.2 Å². The molecule has 7 nitrogen and oxygen atoms in total. The average Bonchev–Trinajstić information content (AvgIpc) is 2.27. The minimum absolute atomic E-state index is 0.148. The Labute approximate surface area is 117 Å². The molecule has 0 aromatic heterocycles. The summed E-state index contributed by atoms with van der Waals surface area (Å²) in [6.45, 7) is 1.08. The van der Waals surface area contributed by atoms with Crippen LogP contribution in [0.3, 0.4) is 0 Å². The van der Waals surface area contributed by atoms with Gasteiger partial charge in [0.2, 0.25) is 10.0 Å². The molecule has 1 rings (SSSR count). The van der Waals surface area contributed by atoms with Gasteiger partial charge < -0.3 is 10.2 Å². The van der Waals surface area contributed by atoms with Crippen LogP contribution in [0.1, 0.15) is 6.92 Å². The molecule has 0 saturated carbocycles. The summed E-state index contributed by atoms with van der Waals surface area (Å²) in [5, 5.41) is 19.4. The highest BCUT2D eigenvalue weighted by molar-refractivity contribution is 7.89. The van der Waals surface area contributed by atoms with Gasteiger partial charge in [-0.05, 0) is 12.1 Å². The fourth-order valence-corrected chi connectivity index (χ4v) is 1.15. The number of halogens is 3. The van der Waals surface area contributed by atoms with Crippen molar-refractivity contribution in [2.45, 2.75) is 18.0 Å². The number of rotatable bonds is 1. The van der Waals surface area contributed by atoms with Crippen LogP contribution in [0, 0.1) is 0 Å². The zero-order valence-corrected chi connectivity index (χ0v) is 11.4. The number of sulfonamides is 1. The monoisotopic (exact) mass is 331 g/mol. The lowest BCUT2D eigenvalue weighted by molar-refractivity contribution is -0.192. The molecule has 0 amide bonds. The predicted octanol–water partition coefficient (Wildman–Crippen LogP) is 1.06. The molecule has 0 unspecified atom stereocenters. The molecule has 0 radical (unpaired) electrons. The van der Waals surface area contributed by atoms with Crippen molar-refractivity contribution in [2.75, 3.05) is 0 Å². The number of carbonyl (C=O) groups is 2. The molecule has 1 aromatic carbocycles. The number of nitrogens with two attached hydrogens (primary N) is 1. The molecule has 0 saturated heterocycles. The fraction of sp³-hybridized carbons (Fsp3) is 0.200. The number of benzene rings is 1. The zero-order valence-electron chi connectivity index (χ0n) is 10.5. The lowest BCUT2D eigenvalue weighted by Crippen LogP contribution is -2.21. The summed E-state index contributed by atoms with van der Waals surface area (Å²) in [7, 11) is -3.50. The molecule has 0 aliphatic carbocycles. The van der Waals surface area contributed by atoms with Gasteiger partial charge in [-0.3, -0.25) is 4.79 Å². The Morgan fingerprint density at radius 1 is 1.10 bits per heavy atom. The summed E-state index contributed by atoms with van der Waals surface area (Å²) in [5.41, 5.74) is 0. The Morgan fingerprint density at radius 3 is 1.52 bits per heavy atom. The van der Waals surface area contributed by atoms with E-state index in [1.54, 1.807) is 18.2 Å². The van der Waals surface area contributed by atoms with E-state index in [2.05, 4.69) is 0 Å². The van der Waals surface area contributed by atoms with Crippen LogP contribution in [0.15, 0.2) is 35.2 Å². The standard InChI is InChI=1S/C6H7NO2S.C2HF3O2.C2H4O2/c7-10(8,9)6-4-2-1-3-5-6;3-2(4,5)1(6)7;1-2(3)4/h1-5H,(H2,7,8,9);(H,6,7);1H3,(H,3,4). The predicted molar refractivity (Wildman–Crippen MR) is 64.8 cm³/mol. The first kappa shape index (κ1) is 21.2. The summed E-state index contributed by atoms with van der Waals surface area (Å²) >= 11 is 0. The van der Waals surface area contributed by atoms with Gasteiger partial charge in [-0.25, -0.2) is 18.4 Å². The Kier molecular flexibility index (Phi) is 8.99. The maximum absolute atomic E-state index is 10.6. The van der Waals surface area contributed by atoms with E-state index >= 15 is 0 Å². The lowest BCUT2D eigenvalue weighted by atomic mass is 10.4. The molecule has 1 aromatic rings. The van der Waals surface area contributed by atoms with Crippen molar-refractivity contribution in [2.24, 2.45) is 5.14 Å². The van der Waals surface area contributed by atoms with Crippen LogP contribution in [0.5, 0.6) is 0 Å². The van der Waals surface area contributed by atoms with Gasteiger partial charge in [0.25, 0.3) is 5.97 Å². The number of carboxylic acids is 2. The van der Waals surface area contributed by atoms with Crippen LogP contribution in [-0.2, 0) is 19.6 Å². The molecule has 0 aliphatic rings. The Hall–Kier alpha value is -2.14. The molecule has 0 bridgehead atoms. The number of alkyl halides is 3. The summed E-state index contributed by atoms with van der Waals surface area (Å²) in [5.74, 6) is -3.59. The lowest BCUT2D eigenvalue weighted by Gasteiger charge is -1.93. The molecule has 0 spiro atoms. The highest BCUT2D eigenvalue weighted by atomic mass is 32.2. The van der Waals surface area contributed by atoms with Crippen molar-refractivity contribution in [3.05, 3.63) is 30.3 Å². The number of primary sulfonamides is 1. The molecule has 0 aliphatic heterocycles. The number of hydrogen-bond donors (Lipinski definition) is 3. The third-order valence-corrected chi connectivity index (χ3v) is 2.24. The van der Waals surface area contributed by atoms with Gasteiger partial charge >= 0.3 is 12.1 Å². The van der Waals surface area contributed by atoms with Gasteiger partial charge in [0.15, 0.2) is 0 Å². The highest BCUT2D eigenvalue weighted by Crippen LogP contribution is 2.13. The van der Waals surface area contributed by atoms with Crippen molar-refractivity contribution >= 4 is 22.0 Å². The quantitative estimate of drug-likeness (QED) is 0.704. The first-order valence-electron chi connectivity index (χ1n) is 4.86. The molecule has 0 heterocycles. The molecular formula is C10H12F3NO6S. The minimum atomic E-state index is -5.08. The van der Waals surface area contributed by atoms with E-state index in [4.69, 9.17) is 24.9 Å². The highest BCUT2D eigenvalue weighted by Gasteiger charge is 2.38. The average molecular weight is 331 g/mol. The third kappa shape index (κ3) is 14.1. The van der Waals surface area contributed by atoms with Gasteiger partial charge in [-0.15, -0.1) is 0 Å². The van der Waals surface area contributed by atoms with E-state index in [-0.39, 0.29) is 4.90 Å². The van der Waals surface area contributed by atoms with Gasteiger partial charge in [0, 0.05) is 6.92 Å².